The first-order chi connectivity index (χ1) is 9.56. The zero-order valence-corrected chi connectivity index (χ0v) is 12.2. The first-order valence-electron chi connectivity index (χ1n) is 6.57. The molecule has 0 spiro atoms. The maximum absolute atomic E-state index is 12.2. The van der Waals surface area contributed by atoms with E-state index < -0.39 is 0 Å². The highest BCUT2D eigenvalue weighted by atomic mass is 35.5. The van der Waals surface area contributed by atoms with Gasteiger partial charge in [0.05, 0.1) is 0 Å². The number of allylic oxidation sites excluding steroid dienone is 2. The summed E-state index contributed by atoms with van der Waals surface area (Å²) in [6, 6.07) is 5.20. The zero-order valence-electron chi connectivity index (χ0n) is 10.7. The minimum absolute atomic E-state index is 0.0607. The molecule has 1 aromatic rings. The number of amides is 1. The average Bonchev–Trinajstić information content (AvgIpc) is 2.37. The Balaban J connectivity index is 2.10. The molecule has 0 fully saturated rings. The molecule has 0 radical (unpaired) electrons. The van der Waals surface area contributed by atoms with Gasteiger partial charge in [0, 0.05) is 40.1 Å². The van der Waals surface area contributed by atoms with E-state index in [9.17, 15) is 9.59 Å². The summed E-state index contributed by atoms with van der Waals surface area (Å²) in [5, 5.41) is 3.88. The normalized spacial score (nSPS) is 22.6. The van der Waals surface area contributed by atoms with Crippen LogP contribution in [0.1, 0.15) is 37.2 Å². The molecule has 5 heteroatoms. The molecule has 104 valence electrons. The van der Waals surface area contributed by atoms with E-state index in [1.54, 1.807) is 18.2 Å². The molecule has 0 saturated carbocycles. The summed E-state index contributed by atoms with van der Waals surface area (Å²) in [6.45, 7) is 0. The van der Waals surface area contributed by atoms with Crippen LogP contribution >= 0.6 is 23.2 Å². The molecule has 0 aromatic heterocycles. The molecule has 1 aliphatic heterocycles. The van der Waals surface area contributed by atoms with Crippen LogP contribution in [-0.2, 0) is 9.59 Å². The molecule has 1 atom stereocenters. The van der Waals surface area contributed by atoms with Crippen LogP contribution in [0.5, 0.6) is 0 Å². The lowest BCUT2D eigenvalue weighted by molar-refractivity contribution is -0.122. The highest BCUT2D eigenvalue weighted by Crippen LogP contribution is 2.40. The van der Waals surface area contributed by atoms with Crippen molar-refractivity contribution in [3.63, 3.8) is 0 Å². The summed E-state index contributed by atoms with van der Waals surface area (Å²) in [5.74, 6) is -0.201. The molecule has 1 N–H and O–H groups in total. The summed E-state index contributed by atoms with van der Waals surface area (Å²) < 4.78 is 0. The predicted molar refractivity (Wildman–Crippen MR) is 77.8 cm³/mol. The maximum Gasteiger partial charge on any atom is 0.225 e. The van der Waals surface area contributed by atoms with Gasteiger partial charge >= 0.3 is 0 Å². The van der Waals surface area contributed by atoms with Gasteiger partial charge in [-0.15, -0.1) is 0 Å². The lowest BCUT2D eigenvalue weighted by Gasteiger charge is -2.31. The van der Waals surface area contributed by atoms with Gasteiger partial charge in [-0.2, -0.15) is 0 Å². The van der Waals surface area contributed by atoms with Gasteiger partial charge in [0.25, 0.3) is 0 Å². The van der Waals surface area contributed by atoms with Gasteiger partial charge in [0.2, 0.25) is 5.91 Å². The Kier molecular flexibility index (Phi) is 3.57. The van der Waals surface area contributed by atoms with Crippen molar-refractivity contribution in [3.05, 3.63) is 45.1 Å². The first-order valence-corrected chi connectivity index (χ1v) is 7.33. The van der Waals surface area contributed by atoms with E-state index in [1.165, 1.54) is 0 Å². The van der Waals surface area contributed by atoms with Crippen LogP contribution in [0.15, 0.2) is 29.5 Å². The van der Waals surface area contributed by atoms with E-state index in [1.807, 2.05) is 0 Å². The number of Topliss-reactive ketones (excluding diaryl/α,β-unsaturated/α-hetero) is 1. The van der Waals surface area contributed by atoms with Gasteiger partial charge in [-0.25, -0.2) is 0 Å². The Morgan fingerprint density at radius 3 is 2.70 bits per heavy atom. The van der Waals surface area contributed by atoms with Crippen molar-refractivity contribution in [1.82, 2.24) is 5.32 Å². The maximum atomic E-state index is 12.2. The quantitative estimate of drug-likeness (QED) is 0.861. The van der Waals surface area contributed by atoms with Gasteiger partial charge in [0.1, 0.15) is 0 Å². The van der Waals surface area contributed by atoms with Crippen molar-refractivity contribution in [3.8, 4) is 0 Å². The van der Waals surface area contributed by atoms with Gasteiger partial charge in [-0.05, 0) is 30.5 Å². The van der Waals surface area contributed by atoms with Crippen molar-refractivity contribution >= 4 is 34.9 Å². The molecule has 3 nitrogen and oxygen atoms in total. The smallest absolute Gasteiger partial charge is 0.225 e. The van der Waals surface area contributed by atoms with Crippen molar-refractivity contribution in [2.24, 2.45) is 0 Å². The van der Waals surface area contributed by atoms with E-state index in [-0.39, 0.29) is 24.0 Å². The Bertz CT molecular complexity index is 637. The van der Waals surface area contributed by atoms with Crippen LogP contribution in [0.3, 0.4) is 0 Å². The van der Waals surface area contributed by atoms with Crippen molar-refractivity contribution in [2.75, 3.05) is 0 Å². The van der Waals surface area contributed by atoms with E-state index >= 15 is 0 Å². The Morgan fingerprint density at radius 1 is 1.15 bits per heavy atom. The molecule has 20 heavy (non-hydrogen) atoms. The SMILES string of the molecule is O=C1C[C@H](c2ccc(Cl)cc2Cl)C2=C(CCCC2=O)N1. The first kappa shape index (κ1) is 13.7. The number of carbonyl (C=O) groups excluding carboxylic acids is 2. The predicted octanol–water partition coefficient (Wildman–Crippen LogP) is 3.60. The standard InChI is InChI=1S/C15H13Cl2NO2/c16-8-4-5-9(11(17)6-8)10-7-14(20)18-12-2-1-3-13(19)15(10)12/h4-6,10H,1-3,7H2,(H,18,20)/t10-/m1/s1. The second-order valence-corrected chi connectivity index (χ2v) is 5.98. The van der Waals surface area contributed by atoms with Crippen LogP contribution in [0.4, 0.5) is 0 Å². The molecule has 3 rings (SSSR count). The molecule has 1 amide bonds. The van der Waals surface area contributed by atoms with Crippen LogP contribution in [0.2, 0.25) is 10.0 Å². The summed E-state index contributed by atoms with van der Waals surface area (Å²) in [5.41, 5.74) is 2.29. The molecular weight excluding hydrogens is 297 g/mol. The number of halogens is 2. The third-order valence-corrected chi connectivity index (χ3v) is 4.38. The van der Waals surface area contributed by atoms with E-state index in [0.29, 0.717) is 16.5 Å². The fourth-order valence-corrected chi connectivity index (χ4v) is 3.49. The van der Waals surface area contributed by atoms with Gasteiger partial charge < -0.3 is 5.32 Å². The molecule has 1 aliphatic carbocycles. The minimum Gasteiger partial charge on any atom is -0.329 e. The van der Waals surface area contributed by atoms with Crippen LogP contribution in [0.25, 0.3) is 0 Å². The summed E-state index contributed by atoms with van der Waals surface area (Å²) in [4.78, 5) is 24.1. The highest BCUT2D eigenvalue weighted by Gasteiger charge is 2.35. The molecule has 0 unspecified atom stereocenters. The Morgan fingerprint density at radius 2 is 1.95 bits per heavy atom. The Labute approximate surface area is 126 Å². The molecule has 0 saturated heterocycles. The van der Waals surface area contributed by atoms with E-state index in [2.05, 4.69) is 5.32 Å². The number of benzene rings is 1. The van der Waals surface area contributed by atoms with Crippen LogP contribution in [-0.4, -0.2) is 11.7 Å². The highest BCUT2D eigenvalue weighted by molar-refractivity contribution is 6.35. The lowest BCUT2D eigenvalue weighted by Crippen LogP contribution is -2.36. The van der Waals surface area contributed by atoms with E-state index in [4.69, 9.17) is 23.2 Å². The van der Waals surface area contributed by atoms with Gasteiger partial charge in [-0.3, -0.25) is 9.59 Å². The number of rotatable bonds is 1. The third-order valence-electron chi connectivity index (χ3n) is 3.82. The second-order valence-electron chi connectivity index (χ2n) is 5.14. The molecule has 1 aromatic carbocycles. The monoisotopic (exact) mass is 309 g/mol. The van der Waals surface area contributed by atoms with Gasteiger partial charge in [-0.1, -0.05) is 29.3 Å². The molecule has 0 bridgehead atoms. The lowest BCUT2D eigenvalue weighted by atomic mass is 9.78. The fraction of sp³-hybridized carbons (Fsp3) is 0.333. The second kappa shape index (κ2) is 5.23. The van der Waals surface area contributed by atoms with E-state index in [0.717, 1.165) is 29.7 Å². The minimum atomic E-state index is -0.253. The molecule has 1 heterocycles. The van der Waals surface area contributed by atoms with Crippen molar-refractivity contribution in [2.45, 2.75) is 31.6 Å². The van der Waals surface area contributed by atoms with Crippen LogP contribution in [0, 0.1) is 0 Å². The number of nitrogens with one attached hydrogen (secondary N) is 1. The summed E-state index contributed by atoms with van der Waals surface area (Å²) in [6.07, 6.45) is 2.33. The fourth-order valence-electron chi connectivity index (χ4n) is 2.95. The van der Waals surface area contributed by atoms with Crippen molar-refractivity contribution in [1.29, 1.82) is 0 Å². The number of carbonyl (C=O) groups is 2. The molecule has 2 aliphatic rings. The zero-order chi connectivity index (χ0) is 14.3. The number of ketones is 1. The largest absolute Gasteiger partial charge is 0.329 e. The number of hydrogen-bond acceptors (Lipinski definition) is 2. The Hall–Kier alpha value is -1.32. The summed E-state index contributed by atoms with van der Waals surface area (Å²) >= 11 is 12.1. The summed E-state index contributed by atoms with van der Waals surface area (Å²) in [7, 11) is 0. The molecular formula is C15H13Cl2NO2. The van der Waals surface area contributed by atoms with Crippen LogP contribution < -0.4 is 5.32 Å². The average molecular weight is 310 g/mol. The van der Waals surface area contributed by atoms with Crippen molar-refractivity contribution < 1.29 is 9.59 Å². The third kappa shape index (κ3) is 2.36. The van der Waals surface area contributed by atoms with Gasteiger partial charge in [0.15, 0.2) is 5.78 Å². The topological polar surface area (TPSA) is 46.2 Å². The number of hydrogen-bond donors (Lipinski definition) is 1.